The van der Waals surface area contributed by atoms with Gasteiger partial charge in [0.25, 0.3) is 0 Å². The highest BCUT2D eigenvalue weighted by Gasteiger charge is 2.41. The van der Waals surface area contributed by atoms with Crippen molar-refractivity contribution in [2.45, 2.75) is 32.4 Å². The number of aromatic nitrogens is 2. The second-order valence-corrected chi connectivity index (χ2v) is 6.85. The van der Waals surface area contributed by atoms with Crippen LogP contribution in [0.4, 0.5) is 0 Å². The second-order valence-electron chi connectivity index (χ2n) is 4.66. The van der Waals surface area contributed by atoms with Crippen LogP contribution in [0.25, 0.3) is 0 Å². The Kier molecular flexibility index (Phi) is 2.58. The van der Waals surface area contributed by atoms with Crippen molar-refractivity contribution >= 4 is 9.84 Å². The van der Waals surface area contributed by atoms with Gasteiger partial charge in [-0.25, -0.2) is 8.42 Å². The van der Waals surface area contributed by atoms with Crippen molar-refractivity contribution < 1.29 is 13.5 Å². The lowest BCUT2D eigenvalue weighted by Gasteiger charge is -2.24. The monoisotopic (exact) mass is 244 g/mol. The molecule has 0 bridgehead atoms. The fourth-order valence-electron chi connectivity index (χ4n) is 2.30. The van der Waals surface area contributed by atoms with Gasteiger partial charge in [0.2, 0.25) is 0 Å². The Morgan fingerprint density at radius 2 is 2.31 bits per heavy atom. The largest absolute Gasteiger partial charge is 0.392 e. The first-order valence-corrected chi connectivity index (χ1v) is 7.05. The molecule has 0 aliphatic carbocycles. The number of hydrogen-bond donors (Lipinski definition) is 1. The molecule has 0 saturated carbocycles. The minimum absolute atomic E-state index is 0.0608. The molecule has 1 saturated heterocycles. The van der Waals surface area contributed by atoms with Gasteiger partial charge in [-0.3, -0.25) is 4.68 Å². The summed E-state index contributed by atoms with van der Waals surface area (Å²) >= 11 is 0. The number of aliphatic hydroxyl groups is 1. The van der Waals surface area contributed by atoms with E-state index in [-0.39, 0.29) is 18.1 Å². The van der Waals surface area contributed by atoms with E-state index in [1.807, 2.05) is 13.8 Å². The maximum absolute atomic E-state index is 11.5. The predicted octanol–water partition coefficient (Wildman–Crippen LogP) is 0.218. The van der Waals surface area contributed by atoms with Crippen LogP contribution in [0.1, 0.15) is 24.6 Å². The number of aliphatic hydroxyl groups excluding tert-OH is 1. The Bertz CT molecular complexity index is 506. The molecule has 0 spiro atoms. The topological polar surface area (TPSA) is 72.2 Å². The number of hydrogen-bond acceptors (Lipinski definition) is 4. The lowest BCUT2D eigenvalue weighted by atomic mass is 10.0. The van der Waals surface area contributed by atoms with Crippen LogP contribution in [0.2, 0.25) is 0 Å². The minimum Gasteiger partial charge on any atom is -0.392 e. The van der Waals surface area contributed by atoms with E-state index in [9.17, 15) is 8.42 Å². The highest BCUT2D eigenvalue weighted by molar-refractivity contribution is 7.91. The van der Waals surface area contributed by atoms with Gasteiger partial charge in [-0.2, -0.15) is 5.10 Å². The van der Waals surface area contributed by atoms with Crippen LogP contribution < -0.4 is 0 Å². The minimum atomic E-state index is -2.94. The van der Waals surface area contributed by atoms with Crippen molar-refractivity contribution in [1.29, 1.82) is 0 Å². The van der Waals surface area contributed by atoms with Crippen LogP contribution in [0.5, 0.6) is 0 Å². The number of sulfone groups is 1. The van der Waals surface area contributed by atoms with E-state index in [4.69, 9.17) is 5.11 Å². The summed E-state index contributed by atoms with van der Waals surface area (Å²) in [5.74, 6) is 0.352. The van der Waals surface area contributed by atoms with E-state index >= 15 is 0 Å². The Morgan fingerprint density at radius 3 is 2.75 bits per heavy atom. The van der Waals surface area contributed by atoms with E-state index in [1.165, 1.54) is 0 Å². The first-order valence-electron chi connectivity index (χ1n) is 5.23. The highest BCUT2D eigenvalue weighted by Crippen LogP contribution is 2.31. The van der Waals surface area contributed by atoms with Gasteiger partial charge in [0, 0.05) is 11.3 Å². The molecule has 1 N–H and O–H groups in total. The molecule has 6 heteroatoms. The quantitative estimate of drug-likeness (QED) is 0.807. The lowest BCUT2D eigenvalue weighted by Crippen LogP contribution is -2.33. The SMILES string of the molecule is Cc1c(CO)cnn1C1(C)CCS(=O)(=O)C1. The summed E-state index contributed by atoms with van der Waals surface area (Å²) in [4.78, 5) is 0. The summed E-state index contributed by atoms with van der Waals surface area (Å²) in [5, 5.41) is 13.3. The Hall–Kier alpha value is -0.880. The van der Waals surface area contributed by atoms with Crippen LogP contribution in [0, 0.1) is 6.92 Å². The zero-order chi connectivity index (χ0) is 12.0. The first-order chi connectivity index (χ1) is 7.38. The summed E-state index contributed by atoms with van der Waals surface area (Å²) in [6.07, 6.45) is 2.19. The lowest BCUT2D eigenvalue weighted by molar-refractivity contribution is 0.278. The number of nitrogens with zero attached hydrogens (tertiary/aromatic N) is 2. The predicted molar refractivity (Wildman–Crippen MR) is 59.8 cm³/mol. The van der Waals surface area contributed by atoms with E-state index in [2.05, 4.69) is 5.10 Å². The molecular formula is C10H16N2O3S. The summed E-state index contributed by atoms with van der Waals surface area (Å²) < 4.78 is 24.8. The van der Waals surface area contributed by atoms with E-state index in [0.29, 0.717) is 6.42 Å². The summed E-state index contributed by atoms with van der Waals surface area (Å²) in [7, 11) is -2.94. The van der Waals surface area contributed by atoms with Gasteiger partial charge in [-0.1, -0.05) is 0 Å². The third-order valence-corrected chi connectivity index (χ3v) is 5.16. The summed E-state index contributed by atoms with van der Waals surface area (Å²) in [6.45, 7) is 3.70. The molecule has 0 amide bonds. The zero-order valence-electron chi connectivity index (χ0n) is 9.47. The Morgan fingerprint density at radius 1 is 1.62 bits per heavy atom. The molecule has 1 fully saturated rings. The molecule has 16 heavy (non-hydrogen) atoms. The van der Waals surface area contributed by atoms with Crippen molar-refractivity contribution in [2.75, 3.05) is 11.5 Å². The molecule has 1 unspecified atom stereocenters. The van der Waals surface area contributed by atoms with Crippen molar-refractivity contribution in [3.05, 3.63) is 17.5 Å². The first kappa shape index (κ1) is 11.6. The zero-order valence-corrected chi connectivity index (χ0v) is 10.3. The molecule has 1 aromatic heterocycles. The van der Waals surface area contributed by atoms with Gasteiger partial charge < -0.3 is 5.11 Å². The molecule has 1 aliphatic heterocycles. The molecule has 1 aromatic rings. The van der Waals surface area contributed by atoms with Gasteiger partial charge >= 0.3 is 0 Å². The molecule has 0 aromatic carbocycles. The van der Waals surface area contributed by atoms with Crippen LogP contribution >= 0.6 is 0 Å². The third kappa shape index (κ3) is 1.76. The fraction of sp³-hybridized carbons (Fsp3) is 0.700. The average molecular weight is 244 g/mol. The van der Waals surface area contributed by atoms with Crippen LogP contribution in [-0.2, 0) is 22.0 Å². The molecule has 1 atom stereocenters. The molecule has 90 valence electrons. The van der Waals surface area contributed by atoms with Crippen LogP contribution in [0.15, 0.2) is 6.20 Å². The molecule has 1 aliphatic rings. The normalized spacial score (nSPS) is 28.4. The van der Waals surface area contributed by atoms with Crippen LogP contribution in [0.3, 0.4) is 0 Å². The molecular weight excluding hydrogens is 228 g/mol. The molecule has 2 heterocycles. The second kappa shape index (κ2) is 3.56. The smallest absolute Gasteiger partial charge is 0.152 e. The van der Waals surface area contributed by atoms with Crippen molar-refractivity contribution in [1.82, 2.24) is 9.78 Å². The van der Waals surface area contributed by atoms with Gasteiger partial charge in [0.15, 0.2) is 9.84 Å². The standard InChI is InChI=1S/C10H16N2O3S/c1-8-9(6-13)5-11-12(8)10(2)3-4-16(14,15)7-10/h5,13H,3-4,6-7H2,1-2H3. The van der Waals surface area contributed by atoms with Gasteiger partial charge in [-0.05, 0) is 20.3 Å². The van der Waals surface area contributed by atoms with E-state index in [1.54, 1.807) is 10.9 Å². The highest BCUT2D eigenvalue weighted by atomic mass is 32.2. The van der Waals surface area contributed by atoms with Crippen molar-refractivity contribution in [2.24, 2.45) is 0 Å². The maximum atomic E-state index is 11.5. The van der Waals surface area contributed by atoms with Crippen LogP contribution in [-0.4, -0.2) is 34.8 Å². The molecule has 2 rings (SSSR count). The van der Waals surface area contributed by atoms with Gasteiger partial charge in [-0.15, -0.1) is 0 Å². The van der Waals surface area contributed by atoms with Gasteiger partial charge in [0.1, 0.15) is 0 Å². The van der Waals surface area contributed by atoms with Gasteiger partial charge in [0.05, 0.1) is 29.8 Å². The van der Waals surface area contributed by atoms with Crippen molar-refractivity contribution in [3.8, 4) is 0 Å². The van der Waals surface area contributed by atoms with E-state index < -0.39 is 15.4 Å². The third-order valence-electron chi connectivity index (χ3n) is 3.28. The summed E-state index contributed by atoms with van der Waals surface area (Å²) in [5.41, 5.74) is 1.14. The van der Waals surface area contributed by atoms with E-state index in [0.717, 1.165) is 11.3 Å². The van der Waals surface area contributed by atoms with Crippen molar-refractivity contribution in [3.63, 3.8) is 0 Å². The Balaban J connectivity index is 2.41. The Labute approximate surface area is 95.0 Å². The maximum Gasteiger partial charge on any atom is 0.152 e. The molecule has 5 nitrogen and oxygen atoms in total. The summed E-state index contributed by atoms with van der Waals surface area (Å²) in [6, 6.07) is 0. The number of rotatable bonds is 2. The molecule has 0 radical (unpaired) electrons. The average Bonchev–Trinajstić information content (AvgIpc) is 2.68. The fourth-order valence-corrected chi connectivity index (χ4v) is 4.41.